The van der Waals surface area contributed by atoms with E-state index in [2.05, 4.69) is 33.0 Å². The van der Waals surface area contributed by atoms with Crippen LogP contribution in [-0.2, 0) is 7.05 Å². The monoisotopic (exact) mass is 267 g/mol. The van der Waals surface area contributed by atoms with Crippen molar-refractivity contribution in [3.05, 3.63) is 36.8 Å². The van der Waals surface area contributed by atoms with Crippen LogP contribution in [0.5, 0.6) is 0 Å². The van der Waals surface area contributed by atoms with E-state index in [1.165, 1.54) is 0 Å². The van der Waals surface area contributed by atoms with E-state index < -0.39 is 0 Å². The van der Waals surface area contributed by atoms with Crippen molar-refractivity contribution in [2.75, 3.05) is 18.5 Å². The molecular weight excluding hydrogens is 250 g/mol. The lowest BCUT2D eigenvalue weighted by Crippen LogP contribution is -2.16. The van der Waals surface area contributed by atoms with Crippen molar-refractivity contribution in [2.24, 2.45) is 7.05 Å². The molecule has 0 amide bonds. The molecule has 0 aromatic carbocycles. The lowest BCUT2D eigenvalue weighted by Gasteiger charge is -2.13. The molecule has 3 aromatic rings. The summed E-state index contributed by atoms with van der Waals surface area (Å²) in [6.45, 7) is 3.02. The molecule has 0 saturated heterocycles. The Morgan fingerprint density at radius 1 is 1.20 bits per heavy atom. The molecule has 5 nitrogen and oxygen atoms in total. The third kappa shape index (κ3) is 2.01. The lowest BCUT2D eigenvalue weighted by molar-refractivity contribution is 0.772. The molecule has 3 aromatic heterocycles. The molecule has 0 aliphatic rings. The molecule has 0 spiro atoms. The highest BCUT2D eigenvalue weighted by molar-refractivity contribution is 5.91. The summed E-state index contributed by atoms with van der Waals surface area (Å²) < 4.78 is 1.83. The number of fused-ring (bicyclic) bond motifs is 1. The fourth-order valence-corrected chi connectivity index (χ4v) is 2.26. The van der Waals surface area contributed by atoms with Gasteiger partial charge in [-0.25, -0.2) is 9.67 Å². The van der Waals surface area contributed by atoms with E-state index in [0.29, 0.717) is 0 Å². The Bertz CT molecular complexity index is 733. The molecule has 5 heteroatoms. The topological polar surface area (TPSA) is 46.8 Å². The van der Waals surface area contributed by atoms with Crippen LogP contribution in [-0.4, -0.2) is 33.3 Å². The van der Waals surface area contributed by atoms with Crippen LogP contribution in [0.15, 0.2) is 36.8 Å². The van der Waals surface area contributed by atoms with Gasteiger partial charge in [-0.2, -0.15) is 5.10 Å². The summed E-state index contributed by atoms with van der Waals surface area (Å²) in [6, 6.07) is 6.12. The summed E-state index contributed by atoms with van der Waals surface area (Å²) in [4.78, 5) is 10.7. The second-order valence-corrected chi connectivity index (χ2v) is 4.79. The van der Waals surface area contributed by atoms with E-state index in [9.17, 15) is 0 Å². The number of aryl methyl sites for hydroxylation is 1. The molecule has 0 aliphatic carbocycles. The van der Waals surface area contributed by atoms with Crippen molar-refractivity contribution in [1.29, 1.82) is 0 Å². The largest absolute Gasteiger partial charge is 0.358 e. The van der Waals surface area contributed by atoms with Crippen LogP contribution < -0.4 is 4.90 Å². The normalized spacial score (nSPS) is 10.9. The van der Waals surface area contributed by atoms with Crippen LogP contribution in [0.2, 0.25) is 0 Å². The zero-order valence-electron chi connectivity index (χ0n) is 11.9. The molecule has 0 N–H and O–H groups in total. The van der Waals surface area contributed by atoms with E-state index >= 15 is 0 Å². The SMILES string of the molecule is CCN(C)c1nn(C)c2ncc(-c3ccncc3)cc12. The fraction of sp³-hybridized carbons (Fsp3) is 0.267. The van der Waals surface area contributed by atoms with Crippen LogP contribution in [0, 0.1) is 0 Å². The van der Waals surface area contributed by atoms with Gasteiger partial charge in [-0.3, -0.25) is 4.98 Å². The number of hydrogen-bond acceptors (Lipinski definition) is 4. The first-order valence-electron chi connectivity index (χ1n) is 6.65. The van der Waals surface area contributed by atoms with Crippen molar-refractivity contribution >= 4 is 16.9 Å². The molecule has 102 valence electrons. The van der Waals surface area contributed by atoms with Crippen molar-refractivity contribution in [3.8, 4) is 11.1 Å². The van der Waals surface area contributed by atoms with Gasteiger partial charge in [-0.15, -0.1) is 0 Å². The molecule has 0 radical (unpaired) electrons. The molecule has 0 unspecified atom stereocenters. The van der Waals surface area contributed by atoms with E-state index in [-0.39, 0.29) is 0 Å². The summed E-state index contributed by atoms with van der Waals surface area (Å²) in [7, 11) is 3.97. The van der Waals surface area contributed by atoms with Gasteiger partial charge in [0.2, 0.25) is 0 Å². The maximum Gasteiger partial charge on any atom is 0.160 e. The molecule has 3 heterocycles. The molecule has 0 aliphatic heterocycles. The summed E-state index contributed by atoms with van der Waals surface area (Å²) in [5.74, 6) is 0.966. The summed E-state index contributed by atoms with van der Waals surface area (Å²) in [5, 5.41) is 5.64. The zero-order valence-corrected chi connectivity index (χ0v) is 11.9. The number of nitrogens with zero attached hydrogens (tertiary/aromatic N) is 5. The first kappa shape index (κ1) is 12.6. The standard InChI is InChI=1S/C15H17N5/c1-4-19(2)15-13-9-12(11-5-7-16-8-6-11)10-17-14(13)20(3)18-15/h5-10H,4H2,1-3H3. The Labute approximate surface area is 117 Å². The van der Waals surface area contributed by atoms with Crippen LogP contribution >= 0.6 is 0 Å². The molecule has 20 heavy (non-hydrogen) atoms. The predicted octanol–water partition coefficient (Wildman–Crippen LogP) is 2.49. The summed E-state index contributed by atoms with van der Waals surface area (Å²) in [5.41, 5.74) is 3.10. The second-order valence-electron chi connectivity index (χ2n) is 4.79. The third-order valence-electron chi connectivity index (χ3n) is 3.51. The predicted molar refractivity (Wildman–Crippen MR) is 80.7 cm³/mol. The Morgan fingerprint density at radius 3 is 2.65 bits per heavy atom. The first-order chi connectivity index (χ1) is 9.70. The number of hydrogen-bond donors (Lipinski definition) is 0. The van der Waals surface area contributed by atoms with Crippen molar-refractivity contribution < 1.29 is 0 Å². The highest BCUT2D eigenvalue weighted by Gasteiger charge is 2.13. The van der Waals surface area contributed by atoms with Gasteiger partial charge >= 0.3 is 0 Å². The van der Waals surface area contributed by atoms with Gasteiger partial charge in [0, 0.05) is 44.8 Å². The molecule has 3 rings (SSSR count). The highest BCUT2D eigenvalue weighted by atomic mass is 15.3. The molecule has 0 saturated carbocycles. The van der Waals surface area contributed by atoms with Crippen molar-refractivity contribution in [3.63, 3.8) is 0 Å². The Morgan fingerprint density at radius 2 is 1.95 bits per heavy atom. The van der Waals surface area contributed by atoms with Crippen LogP contribution in [0.4, 0.5) is 5.82 Å². The molecule has 0 bridgehead atoms. The molecular formula is C15H17N5. The van der Waals surface area contributed by atoms with Gasteiger partial charge in [0.1, 0.15) is 0 Å². The average molecular weight is 267 g/mol. The Kier molecular flexibility index (Phi) is 3.10. The van der Waals surface area contributed by atoms with Gasteiger partial charge in [0.15, 0.2) is 11.5 Å². The average Bonchev–Trinajstić information content (AvgIpc) is 2.84. The highest BCUT2D eigenvalue weighted by Crippen LogP contribution is 2.28. The van der Waals surface area contributed by atoms with E-state index in [4.69, 9.17) is 0 Å². The minimum absolute atomic E-state index is 0.901. The van der Waals surface area contributed by atoms with Gasteiger partial charge in [0.05, 0.1) is 5.39 Å². The Hall–Kier alpha value is -2.43. The van der Waals surface area contributed by atoms with E-state index in [0.717, 1.165) is 34.5 Å². The van der Waals surface area contributed by atoms with E-state index in [1.807, 2.05) is 37.1 Å². The van der Waals surface area contributed by atoms with Crippen LogP contribution in [0.1, 0.15) is 6.92 Å². The van der Waals surface area contributed by atoms with Gasteiger partial charge in [0.25, 0.3) is 0 Å². The number of aromatic nitrogens is 4. The minimum atomic E-state index is 0.901. The van der Waals surface area contributed by atoms with Crippen LogP contribution in [0.25, 0.3) is 22.2 Å². The summed E-state index contributed by atoms with van der Waals surface area (Å²) >= 11 is 0. The zero-order chi connectivity index (χ0) is 14.1. The fourth-order valence-electron chi connectivity index (χ4n) is 2.26. The maximum absolute atomic E-state index is 4.56. The third-order valence-corrected chi connectivity index (χ3v) is 3.51. The lowest BCUT2D eigenvalue weighted by atomic mass is 10.1. The quantitative estimate of drug-likeness (QED) is 0.731. The first-order valence-corrected chi connectivity index (χ1v) is 6.65. The molecule has 0 atom stereocenters. The van der Waals surface area contributed by atoms with Crippen molar-refractivity contribution in [1.82, 2.24) is 19.7 Å². The summed E-state index contributed by atoms with van der Waals surface area (Å²) in [6.07, 6.45) is 5.47. The van der Waals surface area contributed by atoms with Gasteiger partial charge < -0.3 is 4.90 Å². The van der Waals surface area contributed by atoms with Gasteiger partial charge in [-0.05, 0) is 30.7 Å². The van der Waals surface area contributed by atoms with Crippen molar-refractivity contribution in [2.45, 2.75) is 6.92 Å². The molecule has 0 fully saturated rings. The number of anilines is 1. The smallest absolute Gasteiger partial charge is 0.160 e. The van der Waals surface area contributed by atoms with E-state index in [1.54, 1.807) is 12.4 Å². The Balaban J connectivity index is 2.19. The minimum Gasteiger partial charge on any atom is -0.358 e. The van der Waals surface area contributed by atoms with Gasteiger partial charge in [-0.1, -0.05) is 0 Å². The van der Waals surface area contributed by atoms with Crippen LogP contribution in [0.3, 0.4) is 0 Å². The second kappa shape index (κ2) is 4.92. The number of rotatable bonds is 3. The number of pyridine rings is 2. The maximum atomic E-state index is 4.56.